The number of hydrogen-bond donors (Lipinski definition) is 0. The minimum absolute atomic E-state index is 0. The third kappa shape index (κ3) is 3.96. The van der Waals surface area contributed by atoms with E-state index in [-0.39, 0.29) is 12.4 Å². The summed E-state index contributed by atoms with van der Waals surface area (Å²) in [6.45, 7) is 2.95. The van der Waals surface area contributed by atoms with Crippen LogP contribution in [-0.2, 0) is 13.0 Å². The Morgan fingerprint density at radius 2 is 1.43 bits per heavy atom. The molecule has 0 fully saturated rings. The summed E-state index contributed by atoms with van der Waals surface area (Å²) in [5.41, 5.74) is 3.74. The first kappa shape index (κ1) is 15.3. The molecule has 1 heterocycles. The zero-order valence-corrected chi connectivity index (χ0v) is 12.9. The third-order valence-electron chi connectivity index (χ3n) is 3.45. The van der Waals surface area contributed by atoms with Crippen molar-refractivity contribution in [2.45, 2.75) is 19.9 Å². The fraction of sp³-hybridized carbons (Fsp3) is 0.167. The van der Waals surface area contributed by atoms with E-state index in [9.17, 15) is 0 Å². The number of aromatic nitrogens is 2. The highest BCUT2D eigenvalue weighted by Crippen LogP contribution is 2.11. The van der Waals surface area contributed by atoms with Crippen LogP contribution in [-0.4, -0.2) is 9.55 Å². The molecule has 3 rings (SSSR count). The Kier molecular flexibility index (Phi) is 5.18. The van der Waals surface area contributed by atoms with Gasteiger partial charge in [-0.25, -0.2) is 4.98 Å². The van der Waals surface area contributed by atoms with Crippen LogP contribution in [0, 0.1) is 6.92 Å². The normalized spacial score (nSPS) is 10.1. The molecule has 0 N–H and O–H groups in total. The molecule has 0 aliphatic rings. The summed E-state index contributed by atoms with van der Waals surface area (Å²) in [7, 11) is 0. The van der Waals surface area contributed by atoms with Gasteiger partial charge in [-0.05, 0) is 18.1 Å². The van der Waals surface area contributed by atoms with Crippen molar-refractivity contribution in [3.8, 4) is 0 Å². The number of hydrogen-bond acceptors (Lipinski definition) is 1. The number of benzene rings is 2. The van der Waals surface area contributed by atoms with Crippen molar-refractivity contribution in [1.29, 1.82) is 0 Å². The van der Waals surface area contributed by atoms with E-state index in [4.69, 9.17) is 0 Å². The summed E-state index contributed by atoms with van der Waals surface area (Å²) < 4.78 is 2.22. The molecular formula is C18H19ClN2. The highest BCUT2D eigenvalue weighted by atomic mass is 35.5. The molecule has 0 aliphatic carbocycles. The van der Waals surface area contributed by atoms with Crippen molar-refractivity contribution in [1.82, 2.24) is 9.55 Å². The van der Waals surface area contributed by atoms with E-state index in [1.54, 1.807) is 0 Å². The van der Waals surface area contributed by atoms with E-state index >= 15 is 0 Å². The average molecular weight is 299 g/mol. The molecule has 1 aromatic heterocycles. The van der Waals surface area contributed by atoms with Crippen LogP contribution in [0.5, 0.6) is 0 Å². The molecule has 21 heavy (non-hydrogen) atoms. The standard InChI is InChI=1S/C18H18N2.ClH/c1-15-19-18(12-16-8-4-2-5-9-16)14-20(15)13-17-10-6-3-7-11-17;/h2-11,14H,12-13H2,1H3;1H. The Bertz CT molecular complexity index is 675. The maximum atomic E-state index is 4.67. The van der Waals surface area contributed by atoms with Gasteiger partial charge in [0.1, 0.15) is 5.82 Å². The van der Waals surface area contributed by atoms with Gasteiger partial charge in [-0.3, -0.25) is 0 Å². The Hall–Kier alpha value is -2.06. The van der Waals surface area contributed by atoms with Crippen molar-refractivity contribution in [3.63, 3.8) is 0 Å². The monoisotopic (exact) mass is 298 g/mol. The number of aryl methyl sites for hydroxylation is 1. The second-order valence-electron chi connectivity index (χ2n) is 5.06. The van der Waals surface area contributed by atoms with Gasteiger partial charge >= 0.3 is 0 Å². The maximum absolute atomic E-state index is 4.67. The molecule has 0 radical (unpaired) electrons. The molecule has 0 unspecified atom stereocenters. The molecule has 0 spiro atoms. The first-order valence-corrected chi connectivity index (χ1v) is 6.92. The van der Waals surface area contributed by atoms with Crippen molar-refractivity contribution in [2.24, 2.45) is 0 Å². The number of rotatable bonds is 4. The van der Waals surface area contributed by atoms with E-state index in [2.05, 4.69) is 71.2 Å². The molecule has 3 aromatic rings. The first-order chi connectivity index (χ1) is 9.81. The van der Waals surface area contributed by atoms with Crippen molar-refractivity contribution in [3.05, 3.63) is 89.5 Å². The topological polar surface area (TPSA) is 17.8 Å². The molecule has 2 nitrogen and oxygen atoms in total. The van der Waals surface area contributed by atoms with E-state index in [0.717, 1.165) is 24.5 Å². The van der Waals surface area contributed by atoms with Gasteiger partial charge in [-0.1, -0.05) is 60.7 Å². The van der Waals surface area contributed by atoms with Crippen LogP contribution >= 0.6 is 12.4 Å². The molecule has 0 atom stereocenters. The SMILES string of the molecule is Cc1nc(Cc2ccccc2)cn1Cc1ccccc1.Cl. The van der Waals surface area contributed by atoms with Gasteiger partial charge in [-0.2, -0.15) is 0 Å². The summed E-state index contributed by atoms with van der Waals surface area (Å²) in [4.78, 5) is 4.67. The van der Waals surface area contributed by atoms with Crippen LogP contribution < -0.4 is 0 Å². The number of nitrogens with zero attached hydrogens (tertiary/aromatic N) is 2. The highest BCUT2D eigenvalue weighted by molar-refractivity contribution is 5.85. The van der Waals surface area contributed by atoms with E-state index in [1.807, 2.05) is 12.1 Å². The van der Waals surface area contributed by atoms with Crippen molar-refractivity contribution < 1.29 is 0 Å². The molecule has 0 saturated carbocycles. The molecule has 0 bridgehead atoms. The van der Waals surface area contributed by atoms with Gasteiger partial charge in [0.05, 0.1) is 5.69 Å². The van der Waals surface area contributed by atoms with Crippen molar-refractivity contribution >= 4 is 12.4 Å². The minimum Gasteiger partial charge on any atom is -0.330 e. The van der Waals surface area contributed by atoms with Crippen LogP contribution in [0.3, 0.4) is 0 Å². The lowest BCUT2D eigenvalue weighted by Crippen LogP contribution is -2.00. The van der Waals surface area contributed by atoms with E-state index in [0.29, 0.717) is 0 Å². The van der Waals surface area contributed by atoms with Gasteiger partial charge in [-0.15, -0.1) is 12.4 Å². The first-order valence-electron chi connectivity index (χ1n) is 6.92. The van der Waals surface area contributed by atoms with E-state index in [1.165, 1.54) is 11.1 Å². The maximum Gasteiger partial charge on any atom is 0.106 e. The van der Waals surface area contributed by atoms with Crippen LogP contribution in [0.15, 0.2) is 66.9 Å². The fourth-order valence-electron chi connectivity index (χ4n) is 2.40. The number of halogens is 1. The van der Waals surface area contributed by atoms with Crippen LogP contribution in [0.1, 0.15) is 22.6 Å². The van der Waals surface area contributed by atoms with Crippen LogP contribution in [0.4, 0.5) is 0 Å². The summed E-state index contributed by atoms with van der Waals surface area (Å²) >= 11 is 0. The summed E-state index contributed by atoms with van der Waals surface area (Å²) in [5, 5.41) is 0. The van der Waals surface area contributed by atoms with Gasteiger partial charge in [0, 0.05) is 19.2 Å². The fourth-order valence-corrected chi connectivity index (χ4v) is 2.40. The molecule has 3 heteroatoms. The zero-order valence-electron chi connectivity index (χ0n) is 12.1. The average Bonchev–Trinajstić information content (AvgIpc) is 2.81. The summed E-state index contributed by atoms with van der Waals surface area (Å²) in [6, 6.07) is 21.0. The Morgan fingerprint density at radius 1 is 0.857 bits per heavy atom. The summed E-state index contributed by atoms with van der Waals surface area (Å²) in [6.07, 6.45) is 3.05. The zero-order chi connectivity index (χ0) is 13.8. The Balaban J connectivity index is 0.00000161. The predicted octanol–water partition coefficient (Wildman–Crippen LogP) is 4.25. The lowest BCUT2D eigenvalue weighted by atomic mass is 10.1. The third-order valence-corrected chi connectivity index (χ3v) is 3.45. The quantitative estimate of drug-likeness (QED) is 0.704. The largest absolute Gasteiger partial charge is 0.330 e. The highest BCUT2D eigenvalue weighted by Gasteiger charge is 2.05. The van der Waals surface area contributed by atoms with Crippen LogP contribution in [0.25, 0.3) is 0 Å². The van der Waals surface area contributed by atoms with Gasteiger partial charge in [0.15, 0.2) is 0 Å². The van der Waals surface area contributed by atoms with Gasteiger partial charge < -0.3 is 4.57 Å². The Morgan fingerprint density at radius 3 is 2.05 bits per heavy atom. The molecular weight excluding hydrogens is 280 g/mol. The summed E-state index contributed by atoms with van der Waals surface area (Å²) in [5.74, 6) is 1.07. The molecule has 0 saturated heterocycles. The lowest BCUT2D eigenvalue weighted by molar-refractivity contribution is 0.761. The minimum atomic E-state index is 0. The van der Waals surface area contributed by atoms with E-state index < -0.39 is 0 Å². The second kappa shape index (κ2) is 7.09. The molecule has 0 aliphatic heterocycles. The molecule has 0 amide bonds. The van der Waals surface area contributed by atoms with Crippen molar-refractivity contribution in [2.75, 3.05) is 0 Å². The predicted molar refractivity (Wildman–Crippen MR) is 89.0 cm³/mol. The van der Waals surface area contributed by atoms with Crippen LogP contribution in [0.2, 0.25) is 0 Å². The Labute approximate surface area is 131 Å². The second-order valence-corrected chi connectivity index (χ2v) is 5.06. The number of imidazole rings is 1. The molecule has 2 aromatic carbocycles. The molecule has 108 valence electrons. The van der Waals surface area contributed by atoms with Gasteiger partial charge in [0.25, 0.3) is 0 Å². The lowest BCUT2D eigenvalue weighted by Gasteiger charge is -2.04. The van der Waals surface area contributed by atoms with Gasteiger partial charge in [0.2, 0.25) is 0 Å². The smallest absolute Gasteiger partial charge is 0.106 e.